The molecule has 3 aromatic heterocycles. The molecular formula is C30H37N5O4Si. The maximum absolute atomic E-state index is 13.3. The Morgan fingerprint density at radius 1 is 1.12 bits per heavy atom. The van der Waals surface area contributed by atoms with Crippen molar-refractivity contribution in [2.75, 3.05) is 38.2 Å². The molecule has 2 aliphatic rings. The van der Waals surface area contributed by atoms with Gasteiger partial charge in [0, 0.05) is 69.8 Å². The fourth-order valence-electron chi connectivity index (χ4n) is 4.41. The van der Waals surface area contributed by atoms with E-state index in [1.54, 1.807) is 16.8 Å². The van der Waals surface area contributed by atoms with Crippen molar-refractivity contribution in [3.8, 4) is 11.8 Å². The quantitative estimate of drug-likeness (QED) is 0.243. The van der Waals surface area contributed by atoms with Gasteiger partial charge in [0.1, 0.15) is 18.2 Å². The Morgan fingerprint density at radius 2 is 1.93 bits per heavy atom. The number of hydrogen-bond acceptors (Lipinski definition) is 7. The molecule has 0 unspecified atom stereocenters. The van der Waals surface area contributed by atoms with E-state index < -0.39 is 8.07 Å². The van der Waals surface area contributed by atoms with Crippen LogP contribution in [0.3, 0.4) is 0 Å². The van der Waals surface area contributed by atoms with Crippen molar-refractivity contribution in [3.63, 3.8) is 0 Å². The standard InChI is InChI=1S/C30H37N5O4Si/c1-40(2,3)15-14-39-21-35-20-24(7-9-25-8-4-22(17-31-25)19-34-10-12-38-13-11-34)26-16-28(32-18-27(26)30(35)37)33-29(36)23-5-6-23/h4,8,16-18,20,23H,5-6,10-15,19,21H2,1-3H3,(H,32,33,36). The largest absolute Gasteiger partial charge is 0.379 e. The number of carbonyl (C=O) groups is 1. The lowest BCUT2D eigenvalue weighted by molar-refractivity contribution is -0.117. The van der Waals surface area contributed by atoms with Crippen LogP contribution in [-0.4, -0.2) is 66.3 Å². The molecule has 1 N–H and O–H groups in total. The summed E-state index contributed by atoms with van der Waals surface area (Å²) in [4.78, 5) is 36.9. The van der Waals surface area contributed by atoms with Crippen LogP contribution in [0.4, 0.5) is 5.82 Å². The summed E-state index contributed by atoms with van der Waals surface area (Å²) in [6, 6.07) is 6.72. The topological polar surface area (TPSA) is 98.6 Å². The minimum Gasteiger partial charge on any atom is -0.379 e. The smallest absolute Gasteiger partial charge is 0.261 e. The molecule has 1 saturated heterocycles. The molecule has 1 amide bonds. The average molecular weight is 560 g/mol. The van der Waals surface area contributed by atoms with Crippen LogP contribution in [0.5, 0.6) is 0 Å². The zero-order valence-corrected chi connectivity index (χ0v) is 24.5. The van der Waals surface area contributed by atoms with Gasteiger partial charge in [-0.05, 0) is 42.5 Å². The van der Waals surface area contributed by atoms with Gasteiger partial charge >= 0.3 is 0 Å². The number of morpholine rings is 1. The normalized spacial score (nSPS) is 16.0. The summed E-state index contributed by atoms with van der Waals surface area (Å²) in [5.41, 5.74) is 2.21. The lowest BCUT2D eigenvalue weighted by Crippen LogP contribution is -2.35. The van der Waals surface area contributed by atoms with Crippen molar-refractivity contribution in [3.05, 3.63) is 64.0 Å². The van der Waals surface area contributed by atoms with Crippen LogP contribution in [0.2, 0.25) is 25.7 Å². The first-order chi connectivity index (χ1) is 19.2. The Balaban J connectivity index is 1.40. The van der Waals surface area contributed by atoms with Crippen LogP contribution >= 0.6 is 0 Å². The highest BCUT2D eigenvalue weighted by Gasteiger charge is 2.30. The van der Waals surface area contributed by atoms with E-state index in [1.807, 2.05) is 18.3 Å². The number of anilines is 1. The Labute approximate surface area is 235 Å². The first kappa shape index (κ1) is 28.2. The molecule has 0 atom stereocenters. The van der Waals surface area contributed by atoms with Gasteiger partial charge in [0.15, 0.2) is 0 Å². The number of fused-ring (bicyclic) bond motifs is 1. The molecule has 4 heterocycles. The van der Waals surface area contributed by atoms with Gasteiger partial charge in [-0.3, -0.25) is 19.1 Å². The molecule has 1 saturated carbocycles. The molecule has 0 radical (unpaired) electrons. The zero-order chi connectivity index (χ0) is 28.1. The van der Waals surface area contributed by atoms with Crippen molar-refractivity contribution >= 4 is 30.6 Å². The van der Waals surface area contributed by atoms with Crippen LogP contribution in [0.1, 0.15) is 29.7 Å². The molecule has 2 fully saturated rings. The minimum atomic E-state index is -1.25. The highest BCUT2D eigenvalue weighted by molar-refractivity contribution is 6.76. The highest BCUT2D eigenvalue weighted by atomic mass is 28.3. The summed E-state index contributed by atoms with van der Waals surface area (Å²) < 4.78 is 12.8. The number of carbonyl (C=O) groups excluding carboxylic acids is 1. The minimum absolute atomic E-state index is 0.0370. The van der Waals surface area contributed by atoms with Crippen molar-refractivity contribution < 1.29 is 14.3 Å². The van der Waals surface area contributed by atoms with E-state index in [9.17, 15) is 9.59 Å². The van der Waals surface area contributed by atoms with Crippen LogP contribution in [-0.2, 0) is 27.5 Å². The van der Waals surface area contributed by atoms with Gasteiger partial charge in [0.2, 0.25) is 5.91 Å². The van der Waals surface area contributed by atoms with Gasteiger partial charge in [-0.25, -0.2) is 9.97 Å². The van der Waals surface area contributed by atoms with E-state index in [4.69, 9.17) is 9.47 Å². The number of amides is 1. The third-order valence-corrected chi connectivity index (χ3v) is 8.76. The fraction of sp³-hybridized carbons (Fsp3) is 0.467. The predicted octanol–water partition coefficient (Wildman–Crippen LogP) is 3.68. The summed E-state index contributed by atoms with van der Waals surface area (Å²) in [6.45, 7) is 11.8. The number of pyridine rings is 3. The monoisotopic (exact) mass is 559 g/mol. The van der Waals surface area contributed by atoms with Gasteiger partial charge in [-0.1, -0.05) is 31.6 Å². The van der Waals surface area contributed by atoms with Gasteiger partial charge in [-0.2, -0.15) is 0 Å². The molecule has 0 bridgehead atoms. The number of nitrogens with zero attached hydrogens (tertiary/aromatic N) is 4. The number of hydrogen-bond donors (Lipinski definition) is 1. The summed E-state index contributed by atoms with van der Waals surface area (Å²) in [7, 11) is -1.25. The Kier molecular flexibility index (Phi) is 8.76. The maximum atomic E-state index is 13.3. The number of nitrogens with one attached hydrogen (secondary N) is 1. The van der Waals surface area contributed by atoms with E-state index >= 15 is 0 Å². The second kappa shape index (κ2) is 12.4. The fourth-order valence-corrected chi connectivity index (χ4v) is 5.16. The lowest BCUT2D eigenvalue weighted by Gasteiger charge is -2.26. The predicted molar refractivity (Wildman–Crippen MR) is 158 cm³/mol. The summed E-state index contributed by atoms with van der Waals surface area (Å²) >= 11 is 0. The maximum Gasteiger partial charge on any atom is 0.261 e. The summed E-state index contributed by atoms with van der Waals surface area (Å²) in [5, 5.41) is 3.94. The third kappa shape index (κ3) is 7.64. The molecule has 9 nitrogen and oxygen atoms in total. The average Bonchev–Trinajstić information content (AvgIpc) is 3.78. The molecule has 1 aliphatic carbocycles. The number of rotatable bonds is 9. The SMILES string of the molecule is C[Si](C)(C)CCOCn1cc(C#Cc2ccc(CN3CCOCC3)cn2)c2cc(NC(=O)C3CC3)ncc2c1=O. The Morgan fingerprint density at radius 3 is 2.62 bits per heavy atom. The Hall–Kier alpha value is -3.36. The molecule has 0 aromatic carbocycles. The van der Waals surface area contributed by atoms with Crippen molar-refractivity contribution in [1.29, 1.82) is 0 Å². The van der Waals surface area contributed by atoms with E-state index in [0.717, 1.165) is 57.3 Å². The second-order valence-electron chi connectivity index (χ2n) is 11.7. The van der Waals surface area contributed by atoms with Gasteiger partial charge in [0.05, 0.1) is 18.6 Å². The van der Waals surface area contributed by atoms with Gasteiger partial charge in [-0.15, -0.1) is 0 Å². The molecule has 3 aromatic rings. The van der Waals surface area contributed by atoms with Crippen LogP contribution in [0.25, 0.3) is 10.8 Å². The molecule has 0 spiro atoms. The molecule has 1 aliphatic heterocycles. The van der Waals surface area contributed by atoms with Crippen molar-refractivity contribution in [2.45, 2.75) is 51.8 Å². The highest BCUT2D eigenvalue weighted by Crippen LogP contribution is 2.30. The molecule has 5 rings (SSSR count). The third-order valence-electron chi connectivity index (χ3n) is 7.06. The first-order valence-corrected chi connectivity index (χ1v) is 17.6. The summed E-state index contributed by atoms with van der Waals surface area (Å²) in [5.74, 6) is 6.80. The summed E-state index contributed by atoms with van der Waals surface area (Å²) in [6.07, 6.45) is 6.90. The van der Waals surface area contributed by atoms with E-state index in [2.05, 4.69) is 51.7 Å². The molecule has 210 valence electrons. The lowest BCUT2D eigenvalue weighted by atomic mass is 10.1. The number of ether oxygens (including phenoxy) is 2. The first-order valence-electron chi connectivity index (χ1n) is 13.9. The molecule has 10 heteroatoms. The molecule has 40 heavy (non-hydrogen) atoms. The van der Waals surface area contributed by atoms with Gasteiger partial charge in [0.25, 0.3) is 5.56 Å². The van der Waals surface area contributed by atoms with Gasteiger partial charge < -0.3 is 14.8 Å². The van der Waals surface area contributed by atoms with E-state index in [-0.39, 0.29) is 24.1 Å². The van der Waals surface area contributed by atoms with Crippen LogP contribution in [0, 0.1) is 17.8 Å². The second-order valence-corrected chi connectivity index (χ2v) is 17.4. The van der Waals surface area contributed by atoms with Crippen LogP contribution in [0.15, 0.2) is 41.6 Å². The van der Waals surface area contributed by atoms with E-state index in [0.29, 0.717) is 34.5 Å². The Bertz CT molecular complexity index is 1480. The van der Waals surface area contributed by atoms with Crippen molar-refractivity contribution in [2.24, 2.45) is 5.92 Å². The number of aromatic nitrogens is 3. The van der Waals surface area contributed by atoms with E-state index in [1.165, 1.54) is 6.20 Å². The van der Waals surface area contributed by atoms with Crippen LogP contribution < -0.4 is 10.9 Å². The molecular weight excluding hydrogens is 522 g/mol. The van der Waals surface area contributed by atoms with Crippen molar-refractivity contribution in [1.82, 2.24) is 19.4 Å². The zero-order valence-electron chi connectivity index (χ0n) is 23.5.